The monoisotopic (exact) mass is 255 g/mol. The van der Waals surface area contributed by atoms with Gasteiger partial charge < -0.3 is 10.4 Å². The van der Waals surface area contributed by atoms with Crippen molar-refractivity contribution in [3.8, 4) is 0 Å². The Balaban J connectivity index is 2.17. The van der Waals surface area contributed by atoms with Crippen molar-refractivity contribution in [2.75, 3.05) is 6.54 Å². The summed E-state index contributed by atoms with van der Waals surface area (Å²) >= 11 is 0. The van der Waals surface area contributed by atoms with Gasteiger partial charge in [-0.2, -0.15) is 0 Å². The van der Waals surface area contributed by atoms with Gasteiger partial charge >= 0.3 is 0 Å². The van der Waals surface area contributed by atoms with E-state index in [4.69, 9.17) is 0 Å². The highest BCUT2D eigenvalue weighted by Gasteiger charge is 2.30. The molecular weight excluding hydrogens is 236 g/mol. The minimum absolute atomic E-state index is 0.216. The number of nitrogens with one attached hydrogen (secondary N) is 1. The summed E-state index contributed by atoms with van der Waals surface area (Å²) in [5.74, 6) is -0.841. The van der Waals surface area contributed by atoms with Crippen LogP contribution in [0.3, 0.4) is 0 Å². The van der Waals surface area contributed by atoms with Crippen molar-refractivity contribution in [3.05, 3.63) is 35.4 Å². The van der Waals surface area contributed by atoms with Crippen LogP contribution in [0, 0.1) is 17.6 Å². The number of hydrogen-bond acceptors (Lipinski definition) is 2. The molecule has 1 saturated heterocycles. The Morgan fingerprint density at radius 1 is 1.39 bits per heavy atom. The number of rotatable bonds is 3. The second-order valence-corrected chi connectivity index (χ2v) is 4.94. The first kappa shape index (κ1) is 13.4. The topological polar surface area (TPSA) is 32.3 Å². The maximum atomic E-state index is 13.6. The van der Waals surface area contributed by atoms with Crippen molar-refractivity contribution in [2.45, 2.75) is 38.3 Å². The van der Waals surface area contributed by atoms with Crippen molar-refractivity contribution < 1.29 is 13.9 Å². The lowest BCUT2D eigenvalue weighted by Crippen LogP contribution is -2.42. The van der Waals surface area contributed by atoms with Gasteiger partial charge in [0.05, 0.1) is 11.7 Å². The first-order valence-corrected chi connectivity index (χ1v) is 6.48. The molecule has 0 aliphatic carbocycles. The van der Waals surface area contributed by atoms with E-state index in [2.05, 4.69) is 12.2 Å². The van der Waals surface area contributed by atoms with Gasteiger partial charge in [-0.3, -0.25) is 0 Å². The largest absolute Gasteiger partial charge is 0.387 e. The number of halogens is 2. The van der Waals surface area contributed by atoms with Gasteiger partial charge in [-0.1, -0.05) is 19.4 Å². The van der Waals surface area contributed by atoms with Gasteiger partial charge in [0.25, 0.3) is 0 Å². The van der Waals surface area contributed by atoms with Crippen LogP contribution >= 0.6 is 0 Å². The molecule has 1 aromatic rings. The third-order valence-electron chi connectivity index (χ3n) is 3.80. The molecule has 0 saturated carbocycles. The predicted octanol–water partition coefficient (Wildman–Crippen LogP) is 2.78. The van der Waals surface area contributed by atoms with Crippen LogP contribution in [0.1, 0.15) is 37.9 Å². The minimum atomic E-state index is -1.12. The zero-order chi connectivity index (χ0) is 13.1. The highest BCUT2D eigenvalue weighted by Crippen LogP contribution is 2.30. The molecular formula is C14H19F2NO. The third-order valence-corrected chi connectivity index (χ3v) is 3.80. The molecule has 1 aliphatic heterocycles. The Morgan fingerprint density at radius 2 is 2.06 bits per heavy atom. The molecule has 1 aromatic carbocycles. The van der Waals surface area contributed by atoms with E-state index in [1.54, 1.807) is 0 Å². The molecule has 1 aliphatic rings. The second-order valence-electron chi connectivity index (χ2n) is 4.94. The van der Waals surface area contributed by atoms with Crippen molar-refractivity contribution in [1.29, 1.82) is 0 Å². The molecule has 0 radical (unpaired) electrons. The molecule has 2 nitrogen and oxygen atoms in total. The average Bonchev–Trinajstić information content (AvgIpc) is 2.38. The van der Waals surface area contributed by atoms with E-state index in [-0.39, 0.29) is 11.6 Å². The summed E-state index contributed by atoms with van der Waals surface area (Å²) < 4.78 is 27.2. The molecule has 3 atom stereocenters. The normalized spacial score (nSPS) is 26.0. The molecule has 100 valence electrons. The van der Waals surface area contributed by atoms with Gasteiger partial charge in [-0.15, -0.1) is 0 Å². The smallest absolute Gasteiger partial charge is 0.132 e. The van der Waals surface area contributed by atoms with E-state index < -0.39 is 17.7 Å². The Kier molecular flexibility index (Phi) is 4.30. The lowest BCUT2D eigenvalue weighted by molar-refractivity contribution is 0.0914. The maximum absolute atomic E-state index is 13.6. The Morgan fingerprint density at radius 3 is 2.67 bits per heavy atom. The van der Waals surface area contributed by atoms with Crippen LogP contribution in [0.5, 0.6) is 0 Å². The van der Waals surface area contributed by atoms with Crippen molar-refractivity contribution in [2.24, 2.45) is 5.92 Å². The number of aliphatic hydroxyl groups is 1. The highest BCUT2D eigenvalue weighted by molar-refractivity contribution is 5.23. The first-order valence-electron chi connectivity index (χ1n) is 6.48. The third kappa shape index (κ3) is 2.70. The fourth-order valence-electron chi connectivity index (χ4n) is 2.64. The fourth-order valence-corrected chi connectivity index (χ4v) is 2.64. The summed E-state index contributed by atoms with van der Waals surface area (Å²) in [4.78, 5) is 0. The Labute approximate surface area is 106 Å². The number of benzene rings is 1. The van der Waals surface area contributed by atoms with Gasteiger partial charge in [0.15, 0.2) is 0 Å². The molecule has 18 heavy (non-hydrogen) atoms. The van der Waals surface area contributed by atoms with Crippen LogP contribution in [0.25, 0.3) is 0 Å². The predicted molar refractivity (Wildman–Crippen MR) is 66.1 cm³/mol. The Bertz CT molecular complexity index is 391. The average molecular weight is 255 g/mol. The van der Waals surface area contributed by atoms with E-state index >= 15 is 0 Å². The van der Waals surface area contributed by atoms with Crippen LogP contribution in [0.4, 0.5) is 8.78 Å². The summed E-state index contributed by atoms with van der Waals surface area (Å²) in [5, 5.41) is 13.3. The molecule has 1 fully saturated rings. The highest BCUT2D eigenvalue weighted by atomic mass is 19.1. The van der Waals surface area contributed by atoms with Gasteiger partial charge in [0.1, 0.15) is 11.6 Å². The van der Waals surface area contributed by atoms with E-state index in [1.807, 2.05) is 0 Å². The van der Waals surface area contributed by atoms with E-state index in [0.29, 0.717) is 5.92 Å². The zero-order valence-electron chi connectivity index (χ0n) is 10.5. The molecule has 3 unspecified atom stereocenters. The molecule has 0 spiro atoms. The molecule has 4 heteroatoms. The van der Waals surface area contributed by atoms with Crippen LogP contribution in [0.2, 0.25) is 0 Å². The number of piperidine rings is 1. The fraction of sp³-hybridized carbons (Fsp3) is 0.571. The molecule has 0 aromatic heterocycles. The summed E-state index contributed by atoms with van der Waals surface area (Å²) in [6.07, 6.45) is 1.72. The van der Waals surface area contributed by atoms with Crippen LogP contribution in [-0.2, 0) is 0 Å². The van der Waals surface area contributed by atoms with Crippen LogP contribution in [0.15, 0.2) is 18.2 Å². The van der Waals surface area contributed by atoms with Gasteiger partial charge in [-0.05, 0) is 37.4 Å². The molecule has 2 rings (SSSR count). The van der Waals surface area contributed by atoms with E-state index in [1.165, 1.54) is 18.2 Å². The van der Waals surface area contributed by atoms with Gasteiger partial charge in [0, 0.05) is 6.04 Å². The van der Waals surface area contributed by atoms with E-state index in [9.17, 15) is 13.9 Å². The summed E-state index contributed by atoms with van der Waals surface area (Å²) in [6.45, 7) is 2.89. The summed E-state index contributed by atoms with van der Waals surface area (Å²) in [6, 6.07) is 3.41. The quantitative estimate of drug-likeness (QED) is 0.870. The van der Waals surface area contributed by atoms with Gasteiger partial charge in [0.2, 0.25) is 0 Å². The summed E-state index contributed by atoms with van der Waals surface area (Å²) in [7, 11) is 0. The van der Waals surface area contributed by atoms with Crippen molar-refractivity contribution in [3.63, 3.8) is 0 Å². The molecule has 2 N–H and O–H groups in total. The molecule has 0 bridgehead atoms. The second kappa shape index (κ2) is 5.76. The summed E-state index contributed by atoms with van der Waals surface area (Å²) in [5.41, 5.74) is -0.216. The zero-order valence-corrected chi connectivity index (χ0v) is 10.5. The SMILES string of the molecule is CCC1CCNC(C(O)c2c(F)cccc2F)C1. The lowest BCUT2D eigenvalue weighted by atomic mass is 9.86. The molecule has 1 heterocycles. The standard InChI is InChI=1S/C14H19F2NO/c1-2-9-6-7-17-12(8-9)14(18)13-10(15)4-3-5-11(13)16/h3-5,9,12,14,17-18H,2,6-8H2,1H3. The van der Waals surface area contributed by atoms with E-state index in [0.717, 1.165) is 25.8 Å². The van der Waals surface area contributed by atoms with Crippen molar-refractivity contribution in [1.82, 2.24) is 5.32 Å². The molecule has 0 amide bonds. The lowest BCUT2D eigenvalue weighted by Gasteiger charge is -2.33. The number of aliphatic hydroxyl groups excluding tert-OH is 1. The van der Waals surface area contributed by atoms with Crippen LogP contribution < -0.4 is 5.32 Å². The minimum Gasteiger partial charge on any atom is -0.387 e. The maximum Gasteiger partial charge on any atom is 0.132 e. The Hall–Kier alpha value is -1.00. The first-order chi connectivity index (χ1) is 8.63. The van der Waals surface area contributed by atoms with Crippen molar-refractivity contribution >= 4 is 0 Å². The van der Waals surface area contributed by atoms with Crippen LogP contribution in [-0.4, -0.2) is 17.7 Å². The number of hydrogen-bond donors (Lipinski definition) is 2. The van der Waals surface area contributed by atoms with Gasteiger partial charge in [-0.25, -0.2) is 8.78 Å².